The van der Waals surface area contributed by atoms with Crippen molar-refractivity contribution in [1.82, 2.24) is 25.5 Å². The first-order valence-corrected chi connectivity index (χ1v) is 10.00. The van der Waals surface area contributed by atoms with Crippen LogP contribution in [0.25, 0.3) is 11.4 Å². The molecule has 0 atom stereocenters. The minimum absolute atomic E-state index is 0.0489. The molecule has 0 saturated carbocycles. The lowest BCUT2D eigenvalue weighted by atomic mass is 10.2. The van der Waals surface area contributed by atoms with Crippen LogP contribution in [0.1, 0.15) is 31.2 Å². The second-order valence-electron chi connectivity index (χ2n) is 6.90. The fourth-order valence-corrected chi connectivity index (χ4v) is 2.79. The third-order valence-corrected chi connectivity index (χ3v) is 4.43. The van der Waals surface area contributed by atoms with Crippen molar-refractivity contribution in [3.8, 4) is 17.1 Å². The smallest absolute Gasteiger partial charge is 0.220 e. The van der Waals surface area contributed by atoms with Crippen molar-refractivity contribution in [2.24, 2.45) is 0 Å². The predicted octanol–water partition coefficient (Wildman–Crippen LogP) is 3.40. The number of benzene rings is 2. The van der Waals surface area contributed by atoms with Gasteiger partial charge in [-0.15, -0.1) is 10.2 Å². The molecule has 1 heterocycles. The maximum absolute atomic E-state index is 11.9. The molecule has 1 N–H and O–H groups in total. The van der Waals surface area contributed by atoms with E-state index < -0.39 is 0 Å². The van der Waals surface area contributed by atoms with Crippen molar-refractivity contribution in [1.29, 1.82) is 0 Å². The van der Waals surface area contributed by atoms with Gasteiger partial charge in [-0.05, 0) is 43.5 Å². The van der Waals surface area contributed by atoms with E-state index >= 15 is 0 Å². The summed E-state index contributed by atoms with van der Waals surface area (Å²) in [7, 11) is 0. The van der Waals surface area contributed by atoms with E-state index in [-0.39, 0.29) is 5.91 Å². The summed E-state index contributed by atoms with van der Waals surface area (Å²) in [6, 6.07) is 17.7. The van der Waals surface area contributed by atoms with Gasteiger partial charge in [-0.3, -0.25) is 4.79 Å². The maximum Gasteiger partial charge on any atom is 0.220 e. The fraction of sp³-hybridized carbons (Fsp3) is 0.364. The van der Waals surface area contributed by atoms with E-state index in [4.69, 9.17) is 4.74 Å². The van der Waals surface area contributed by atoms with Gasteiger partial charge >= 0.3 is 0 Å². The van der Waals surface area contributed by atoms with E-state index in [2.05, 4.69) is 27.7 Å². The standard InChI is InChI=1S/C22H27N5O2/c1-18-11-13-20(14-12-18)29-17-6-5-15-23-21(28)10-7-16-27-25-22(24-26-27)19-8-3-2-4-9-19/h2-4,8-9,11-14H,5-7,10,15-17H2,1H3,(H,23,28). The van der Waals surface area contributed by atoms with Gasteiger partial charge in [0.25, 0.3) is 0 Å². The van der Waals surface area contributed by atoms with Crippen LogP contribution >= 0.6 is 0 Å². The van der Waals surface area contributed by atoms with E-state index in [0.29, 0.717) is 38.4 Å². The number of aromatic nitrogens is 4. The normalized spacial score (nSPS) is 10.7. The number of amides is 1. The van der Waals surface area contributed by atoms with Gasteiger partial charge in [0.15, 0.2) is 0 Å². The van der Waals surface area contributed by atoms with Crippen LogP contribution in [0.15, 0.2) is 54.6 Å². The molecule has 1 amide bonds. The van der Waals surface area contributed by atoms with E-state index in [1.165, 1.54) is 10.4 Å². The van der Waals surface area contributed by atoms with Crippen LogP contribution in [-0.2, 0) is 11.3 Å². The van der Waals surface area contributed by atoms with Crippen molar-refractivity contribution >= 4 is 5.91 Å². The number of ether oxygens (including phenoxy) is 1. The molecule has 152 valence electrons. The number of carbonyl (C=O) groups is 1. The summed E-state index contributed by atoms with van der Waals surface area (Å²) in [6.45, 7) is 3.94. The Morgan fingerprint density at radius 2 is 1.83 bits per heavy atom. The Morgan fingerprint density at radius 1 is 1.03 bits per heavy atom. The molecule has 0 aliphatic rings. The van der Waals surface area contributed by atoms with E-state index in [1.807, 2.05) is 54.6 Å². The Morgan fingerprint density at radius 3 is 2.62 bits per heavy atom. The van der Waals surface area contributed by atoms with Gasteiger partial charge in [-0.2, -0.15) is 4.80 Å². The molecule has 29 heavy (non-hydrogen) atoms. The molecule has 0 fully saturated rings. The molecule has 7 nitrogen and oxygen atoms in total. The third-order valence-electron chi connectivity index (χ3n) is 4.43. The van der Waals surface area contributed by atoms with Crippen molar-refractivity contribution in [2.75, 3.05) is 13.2 Å². The van der Waals surface area contributed by atoms with Gasteiger partial charge in [-0.25, -0.2) is 0 Å². The van der Waals surface area contributed by atoms with Crippen molar-refractivity contribution in [3.05, 3.63) is 60.2 Å². The van der Waals surface area contributed by atoms with Gasteiger partial charge in [-0.1, -0.05) is 48.0 Å². The molecule has 3 rings (SSSR count). The number of tetrazole rings is 1. The molecule has 2 aromatic carbocycles. The number of hydrogen-bond donors (Lipinski definition) is 1. The van der Waals surface area contributed by atoms with E-state index in [0.717, 1.165) is 24.2 Å². The molecule has 0 unspecified atom stereocenters. The summed E-state index contributed by atoms with van der Waals surface area (Å²) in [6.07, 6.45) is 2.91. The van der Waals surface area contributed by atoms with E-state index in [9.17, 15) is 4.79 Å². The lowest BCUT2D eigenvalue weighted by Crippen LogP contribution is -2.24. The highest BCUT2D eigenvalue weighted by atomic mass is 16.5. The Kier molecular flexibility index (Phi) is 7.74. The SMILES string of the molecule is Cc1ccc(OCCCCNC(=O)CCCn2nnc(-c3ccccc3)n2)cc1. The highest BCUT2D eigenvalue weighted by Gasteiger charge is 2.06. The largest absolute Gasteiger partial charge is 0.494 e. The summed E-state index contributed by atoms with van der Waals surface area (Å²) in [5.74, 6) is 1.53. The average Bonchev–Trinajstić information content (AvgIpc) is 3.21. The topological polar surface area (TPSA) is 81.9 Å². The molecule has 0 spiro atoms. The van der Waals surface area contributed by atoms with Crippen LogP contribution in [0, 0.1) is 6.92 Å². The first-order valence-electron chi connectivity index (χ1n) is 10.00. The number of rotatable bonds is 11. The summed E-state index contributed by atoms with van der Waals surface area (Å²) >= 11 is 0. The molecular formula is C22H27N5O2. The zero-order chi connectivity index (χ0) is 20.3. The predicted molar refractivity (Wildman–Crippen MR) is 111 cm³/mol. The first kappa shape index (κ1) is 20.5. The Labute approximate surface area is 171 Å². The maximum atomic E-state index is 11.9. The number of unbranched alkanes of at least 4 members (excludes halogenated alkanes) is 1. The highest BCUT2D eigenvalue weighted by molar-refractivity contribution is 5.75. The second kappa shape index (κ2) is 10.9. The zero-order valence-electron chi connectivity index (χ0n) is 16.8. The third kappa shape index (κ3) is 7.03. The molecule has 3 aromatic rings. The lowest BCUT2D eigenvalue weighted by Gasteiger charge is -2.07. The van der Waals surface area contributed by atoms with Crippen molar-refractivity contribution in [2.45, 2.75) is 39.2 Å². The van der Waals surface area contributed by atoms with Crippen LogP contribution < -0.4 is 10.1 Å². The molecule has 7 heteroatoms. The molecule has 0 saturated heterocycles. The monoisotopic (exact) mass is 393 g/mol. The molecule has 1 aromatic heterocycles. The van der Waals surface area contributed by atoms with Crippen LogP contribution in [0.5, 0.6) is 5.75 Å². The van der Waals surface area contributed by atoms with Gasteiger partial charge in [0.2, 0.25) is 11.7 Å². The zero-order valence-corrected chi connectivity index (χ0v) is 16.8. The first-order chi connectivity index (χ1) is 14.2. The Balaban J connectivity index is 1.24. The number of hydrogen-bond acceptors (Lipinski definition) is 5. The summed E-state index contributed by atoms with van der Waals surface area (Å²) < 4.78 is 5.68. The molecule has 0 bridgehead atoms. The van der Waals surface area contributed by atoms with Crippen LogP contribution in [-0.4, -0.2) is 39.3 Å². The Hall–Kier alpha value is -3.22. The van der Waals surface area contributed by atoms with Crippen LogP contribution in [0.2, 0.25) is 0 Å². The number of aryl methyl sites for hydroxylation is 2. The van der Waals surface area contributed by atoms with Crippen molar-refractivity contribution in [3.63, 3.8) is 0 Å². The molecule has 0 radical (unpaired) electrons. The minimum Gasteiger partial charge on any atom is -0.494 e. The highest BCUT2D eigenvalue weighted by Crippen LogP contribution is 2.12. The molecular weight excluding hydrogens is 366 g/mol. The number of carbonyl (C=O) groups excluding carboxylic acids is 1. The quantitative estimate of drug-likeness (QED) is 0.505. The summed E-state index contributed by atoms with van der Waals surface area (Å²) in [5, 5.41) is 15.4. The second-order valence-corrected chi connectivity index (χ2v) is 6.90. The summed E-state index contributed by atoms with van der Waals surface area (Å²) in [5.41, 5.74) is 2.15. The van der Waals surface area contributed by atoms with Crippen molar-refractivity contribution < 1.29 is 9.53 Å². The molecule has 0 aliphatic heterocycles. The number of nitrogens with zero attached hydrogens (tertiary/aromatic N) is 4. The lowest BCUT2D eigenvalue weighted by molar-refractivity contribution is -0.121. The minimum atomic E-state index is 0.0489. The van der Waals surface area contributed by atoms with Gasteiger partial charge in [0.05, 0.1) is 13.2 Å². The summed E-state index contributed by atoms with van der Waals surface area (Å²) in [4.78, 5) is 13.5. The number of nitrogens with one attached hydrogen (secondary N) is 1. The molecule has 0 aliphatic carbocycles. The fourth-order valence-electron chi connectivity index (χ4n) is 2.79. The van der Waals surface area contributed by atoms with Gasteiger partial charge in [0, 0.05) is 18.5 Å². The van der Waals surface area contributed by atoms with Gasteiger partial charge < -0.3 is 10.1 Å². The van der Waals surface area contributed by atoms with Gasteiger partial charge in [0.1, 0.15) is 5.75 Å². The van der Waals surface area contributed by atoms with Crippen LogP contribution in [0.4, 0.5) is 0 Å². The average molecular weight is 393 g/mol. The Bertz CT molecular complexity index is 878. The van der Waals surface area contributed by atoms with E-state index in [1.54, 1.807) is 0 Å². The van der Waals surface area contributed by atoms with Crippen LogP contribution in [0.3, 0.4) is 0 Å².